The van der Waals surface area contributed by atoms with Crippen molar-refractivity contribution in [2.75, 3.05) is 20.4 Å². The summed E-state index contributed by atoms with van der Waals surface area (Å²) in [5.41, 5.74) is 3.77. The minimum Gasteiger partial charge on any atom is -0.454 e. The van der Waals surface area contributed by atoms with Gasteiger partial charge < -0.3 is 24.3 Å². The highest BCUT2D eigenvalue weighted by molar-refractivity contribution is 5.97. The normalized spacial score (nSPS) is 25.8. The molecule has 0 bridgehead atoms. The van der Waals surface area contributed by atoms with Gasteiger partial charge in [0.05, 0.1) is 12.6 Å². The third-order valence-corrected chi connectivity index (χ3v) is 6.09. The molecule has 1 saturated heterocycles. The Labute approximate surface area is 168 Å². The molecular formula is C22H19N3O4. The Balaban J connectivity index is 1.57. The van der Waals surface area contributed by atoms with Crippen LogP contribution < -0.4 is 9.47 Å². The monoisotopic (exact) mass is 390 g/mol. The summed E-state index contributed by atoms with van der Waals surface area (Å²) in [4.78, 5) is 32.8. The third-order valence-electron chi connectivity index (χ3n) is 6.09. The van der Waals surface area contributed by atoms with Gasteiger partial charge in [-0.1, -0.05) is 24.3 Å². The number of hydrogen-bond acceptors (Lipinski definition) is 4. The van der Waals surface area contributed by atoms with Gasteiger partial charge in [0.1, 0.15) is 7.41 Å². The summed E-state index contributed by atoms with van der Waals surface area (Å²) in [7, 11) is 1.67. The highest BCUT2D eigenvalue weighted by Crippen LogP contribution is 2.44. The minimum absolute atomic E-state index is 0.0532. The molecule has 1 aromatic heterocycles. The van der Waals surface area contributed by atoms with Crippen LogP contribution in [0.25, 0.3) is 10.9 Å². The highest BCUT2D eigenvalue weighted by atomic mass is 16.7. The molecule has 1 unspecified atom stereocenters. The van der Waals surface area contributed by atoms with E-state index >= 15 is 0 Å². The van der Waals surface area contributed by atoms with Crippen molar-refractivity contribution >= 4 is 22.7 Å². The Kier molecular flexibility index (Phi) is 3.07. The number of amides is 2. The van der Waals surface area contributed by atoms with Crippen molar-refractivity contribution in [3.8, 4) is 11.5 Å². The van der Waals surface area contributed by atoms with Crippen molar-refractivity contribution < 1.29 is 20.4 Å². The first-order chi connectivity index (χ1) is 14.5. The Bertz CT molecular complexity index is 1220. The summed E-state index contributed by atoms with van der Waals surface area (Å²) < 4.78 is 18.4. The van der Waals surface area contributed by atoms with E-state index in [-0.39, 0.29) is 18.4 Å². The van der Waals surface area contributed by atoms with Crippen LogP contribution in [0.5, 0.6) is 11.5 Å². The van der Waals surface area contributed by atoms with Gasteiger partial charge in [-0.05, 0) is 29.3 Å². The Hall–Kier alpha value is -3.48. The van der Waals surface area contributed by atoms with Crippen LogP contribution in [-0.2, 0) is 16.0 Å². The van der Waals surface area contributed by atoms with Gasteiger partial charge in [0.15, 0.2) is 11.5 Å². The average molecular weight is 390 g/mol. The van der Waals surface area contributed by atoms with Crippen molar-refractivity contribution in [3.63, 3.8) is 0 Å². The lowest BCUT2D eigenvalue weighted by Crippen LogP contribution is -2.62. The van der Waals surface area contributed by atoms with Crippen LogP contribution in [0.2, 0.25) is 0 Å². The zero-order chi connectivity index (χ0) is 20.6. The number of para-hydroxylation sites is 1. The van der Waals surface area contributed by atoms with Gasteiger partial charge in [-0.15, -0.1) is 0 Å². The van der Waals surface area contributed by atoms with E-state index in [1.807, 2.05) is 36.4 Å². The standard InChI is InChI=1S/C22H19N3O4/c1-24-10-19(26)25-16(22(24)27)9-14-13-4-2-3-5-15(13)23-20(14)21(25)12-6-7-17-18(8-12)29-11-28-17/h2-8,16,21,23H,9-11H2,1H3/t16-,21-/m1/s1/i11D/t11?,16-,21-. The molecule has 2 amide bonds. The summed E-state index contributed by atoms with van der Waals surface area (Å²) in [5.74, 6) is 0.832. The van der Waals surface area contributed by atoms with E-state index in [2.05, 4.69) is 4.98 Å². The molecule has 0 spiro atoms. The van der Waals surface area contributed by atoms with E-state index < -0.39 is 18.9 Å². The van der Waals surface area contributed by atoms with Crippen molar-refractivity contribution in [2.45, 2.75) is 18.5 Å². The molecule has 7 nitrogen and oxygen atoms in total. The fourth-order valence-corrected chi connectivity index (χ4v) is 4.77. The molecule has 7 heteroatoms. The summed E-state index contributed by atoms with van der Waals surface area (Å²) in [6.45, 7) is -1.04. The Morgan fingerprint density at radius 2 is 1.97 bits per heavy atom. The number of aromatic amines is 1. The third kappa shape index (κ3) is 2.24. The fraction of sp³-hybridized carbons (Fsp3) is 0.273. The van der Waals surface area contributed by atoms with Gasteiger partial charge in [0.25, 0.3) is 0 Å². The molecule has 29 heavy (non-hydrogen) atoms. The molecule has 3 atom stereocenters. The fourth-order valence-electron chi connectivity index (χ4n) is 4.77. The van der Waals surface area contributed by atoms with Crippen LogP contribution in [0.1, 0.15) is 24.2 Å². The SMILES string of the molecule is [2H]C1Oc2ccc([C@@H]3c4[nH]c5ccccc5c4C[C@@H]4C(=O)N(C)CC(=O)N34)cc2O1. The topological polar surface area (TPSA) is 74.9 Å². The number of piperazine rings is 1. The van der Waals surface area contributed by atoms with Crippen molar-refractivity contribution in [2.24, 2.45) is 0 Å². The number of benzene rings is 2. The number of carbonyl (C=O) groups excluding carboxylic acids is 2. The molecule has 0 aliphatic carbocycles. The molecule has 146 valence electrons. The maximum Gasteiger partial charge on any atom is 0.245 e. The Morgan fingerprint density at radius 1 is 1.14 bits per heavy atom. The largest absolute Gasteiger partial charge is 0.454 e. The second-order valence-corrected chi connectivity index (χ2v) is 7.72. The lowest BCUT2D eigenvalue weighted by molar-refractivity contribution is -0.157. The van der Waals surface area contributed by atoms with Gasteiger partial charge in [0, 0.05) is 30.1 Å². The van der Waals surface area contributed by atoms with Crippen LogP contribution >= 0.6 is 0 Å². The molecule has 1 fully saturated rings. The van der Waals surface area contributed by atoms with E-state index in [1.54, 1.807) is 18.0 Å². The number of aromatic nitrogens is 1. The molecule has 4 heterocycles. The number of carbonyl (C=O) groups is 2. The first-order valence-corrected chi connectivity index (χ1v) is 9.56. The number of ether oxygens (including phenoxy) is 2. The maximum absolute atomic E-state index is 13.1. The van der Waals surface area contributed by atoms with Crippen LogP contribution in [0.4, 0.5) is 0 Å². The van der Waals surface area contributed by atoms with Gasteiger partial charge >= 0.3 is 0 Å². The van der Waals surface area contributed by atoms with E-state index in [9.17, 15) is 9.59 Å². The number of fused-ring (bicyclic) bond motifs is 5. The number of hydrogen-bond donors (Lipinski definition) is 1. The molecule has 3 aliphatic heterocycles. The van der Waals surface area contributed by atoms with Crippen LogP contribution in [-0.4, -0.2) is 53.0 Å². The molecule has 3 aliphatic rings. The summed E-state index contributed by atoms with van der Waals surface area (Å²) in [5, 5.41) is 1.07. The van der Waals surface area contributed by atoms with Crippen molar-refractivity contribution in [1.82, 2.24) is 14.8 Å². The molecule has 6 rings (SSSR count). The minimum atomic E-state index is -1.09. The first kappa shape index (κ1) is 15.4. The quantitative estimate of drug-likeness (QED) is 0.691. The van der Waals surface area contributed by atoms with Gasteiger partial charge in [0.2, 0.25) is 18.6 Å². The number of nitrogens with zero attached hydrogens (tertiary/aromatic N) is 2. The zero-order valence-corrected chi connectivity index (χ0v) is 15.7. The smallest absolute Gasteiger partial charge is 0.245 e. The van der Waals surface area contributed by atoms with Crippen LogP contribution in [0.15, 0.2) is 42.5 Å². The second-order valence-electron chi connectivity index (χ2n) is 7.72. The van der Waals surface area contributed by atoms with Crippen LogP contribution in [0.3, 0.4) is 0 Å². The van der Waals surface area contributed by atoms with Crippen molar-refractivity contribution in [1.29, 1.82) is 0 Å². The van der Waals surface area contributed by atoms with E-state index in [4.69, 9.17) is 10.8 Å². The van der Waals surface area contributed by atoms with E-state index in [0.29, 0.717) is 17.9 Å². The highest BCUT2D eigenvalue weighted by Gasteiger charge is 2.47. The van der Waals surface area contributed by atoms with Gasteiger partial charge in [-0.3, -0.25) is 9.59 Å². The molecule has 2 aromatic carbocycles. The predicted molar refractivity (Wildman–Crippen MR) is 105 cm³/mol. The summed E-state index contributed by atoms with van der Waals surface area (Å²) >= 11 is 0. The van der Waals surface area contributed by atoms with Gasteiger partial charge in [-0.25, -0.2) is 0 Å². The van der Waals surface area contributed by atoms with E-state index in [1.165, 1.54) is 4.90 Å². The van der Waals surface area contributed by atoms with Crippen LogP contribution in [0, 0.1) is 0 Å². The first-order valence-electron chi connectivity index (χ1n) is 10.1. The molecule has 0 saturated carbocycles. The second kappa shape index (κ2) is 5.76. The lowest BCUT2D eigenvalue weighted by atomic mass is 9.86. The molecule has 0 radical (unpaired) electrons. The summed E-state index contributed by atoms with van der Waals surface area (Å²) in [6, 6.07) is 12.4. The van der Waals surface area contributed by atoms with E-state index in [0.717, 1.165) is 27.7 Å². The zero-order valence-electron chi connectivity index (χ0n) is 16.7. The number of H-pyrrole nitrogens is 1. The molecular weight excluding hydrogens is 370 g/mol. The average Bonchev–Trinajstić information content (AvgIpc) is 3.29. The lowest BCUT2D eigenvalue weighted by Gasteiger charge is -2.46. The molecule has 3 aromatic rings. The summed E-state index contributed by atoms with van der Waals surface area (Å²) in [6.07, 6.45) is 0.476. The predicted octanol–water partition coefficient (Wildman–Crippen LogP) is 2.21. The van der Waals surface area contributed by atoms with Gasteiger partial charge in [-0.2, -0.15) is 0 Å². The van der Waals surface area contributed by atoms with Crippen molar-refractivity contribution in [3.05, 3.63) is 59.3 Å². The number of rotatable bonds is 1. The number of likely N-dealkylation sites (N-methyl/N-ethyl adjacent to an activating group) is 1. The molecule has 1 N–H and O–H groups in total. The Morgan fingerprint density at radius 3 is 2.86 bits per heavy atom. The maximum atomic E-state index is 13.1. The number of nitrogens with one attached hydrogen (secondary N) is 1.